The first kappa shape index (κ1) is 11.7. The second kappa shape index (κ2) is 6.19. The van der Waals surface area contributed by atoms with Crippen LogP contribution >= 0.6 is 0 Å². The third-order valence-electron chi connectivity index (χ3n) is 1.98. The number of nitrogens with zero attached hydrogens (tertiary/aromatic N) is 1. The molecule has 0 saturated heterocycles. The molecule has 0 amide bonds. The van der Waals surface area contributed by atoms with Crippen LogP contribution in [0.4, 0.5) is 5.82 Å². The van der Waals surface area contributed by atoms with Gasteiger partial charge < -0.3 is 15.6 Å². The molecule has 0 unspecified atom stereocenters. The fraction of sp³-hybridized carbons (Fsp3) is 0.600. The second-order valence-electron chi connectivity index (χ2n) is 3.21. The number of aromatic amines is 1. The largest absolute Gasteiger partial charge is 0.369 e. The van der Waals surface area contributed by atoms with Crippen molar-refractivity contribution in [1.82, 2.24) is 15.3 Å². The van der Waals surface area contributed by atoms with Crippen molar-refractivity contribution in [2.75, 3.05) is 25.0 Å². The van der Waals surface area contributed by atoms with Crippen molar-refractivity contribution in [2.45, 2.75) is 20.3 Å². The van der Waals surface area contributed by atoms with Gasteiger partial charge in [-0.05, 0) is 6.54 Å². The topological polar surface area (TPSA) is 69.8 Å². The van der Waals surface area contributed by atoms with Crippen molar-refractivity contribution in [2.24, 2.45) is 0 Å². The van der Waals surface area contributed by atoms with Gasteiger partial charge in [0.05, 0.1) is 0 Å². The number of anilines is 1. The van der Waals surface area contributed by atoms with E-state index in [1.165, 1.54) is 6.07 Å². The van der Waals surface area contributed by atoms with E-state index in [0.717, 1.165) is 26.1 Å². The number of rotatable bonds is 6. The highest BCUT2D eigenvalue weighted by Gasteiger charge is 1.98. The van der Waals surface area contributed by atoms with Gasteiger partial charge in [0.1, 0.15) is 11.6 Å². The maximum atomic E-state index is 11.2. The quantitative estimate of drug-likeness (QED) is 0.593. The highest BCUT2D eigenvalue weighted by Crippen LogP contribution is 1.97. The summed E-state index contributed by atoms with van der Waals surface area (Å²) in [6.07, 6.45) is 0.734. The summed E-state index contributed by atoms with van der Waals surface area (Å²) in [7, 11) is 0. The fourth-order valence-electron chi connectivity index (χ4n) is 1.22. The lowest BCUT2D eigenvalue weighted by Crippen LogP contribution is -2.23. The van der Waals surface area contributed by atoms with Crippen LogP contribution < -0.4 is 16.2 Å². The lowest BCUT2D eigenvalue weighted by Gasteiger charge is -2.06. The maximum absolute atomic E-state index is 11.2. The van der Waals surface area contributed by atoms with Crippen LogP contribution in [-0.4, -0.2) is 29.6 Å². The summed E-state index contributed by atoms with van der Waals surface area (Å²) in [5.74, 6) is 1.36. The molecule has 1 heterocycles. The molecule has 0 atom stereocenters. The highest BCUT2D eigenvalue weighted by molar-refractivity contribution is 5.32. The molecule has 5 heteroatoms. The SMILES string of the molecule is CCNCCNc1cc(=O)[nH]c(CC)n1. The van der Waals surface area contributed by atoms with Crippen LogP contribution in [0, 0.1) is 0 Å². The monoisotopic (exact) mass is 210 g/mol. The van der Waals surface area contributed by atoms with Crippen LogP contribution in [0.1, 0.15) is 19.7 Å². The second-order valence-corrected chi connectivity index (χ2v) is 3.21. The normalized spacial score (nSPS) is 10.3. The van der Waals surface area contributed by atoms with Crippen LogP contribution in [0.5, 0.6) is 0 Å². The summed E-state index contributed by atoms with van der Waals surface area (Å²) in [6.45, 7) is 6.60. The molecule has 5 nitrogen and oxygen atoms in total. The number of likely N-dealkylation sites (N-methyl/N-ethyl adjacent to an activating group) is 1. The first-order valence-electron chi connectivity index (χ1n) is 5.31. The molecule has 84 valence electrons. The number of hydrogen-bond donors (Lipinski definition) is 3. The molecule has 0 saturated carbocycles. The predicted octanol–water partition coefficient (Wildman–Crippen LogP) is 0.354. The molecule has 0 bridgehead atoms. The number of H-pyrrole nitrogens is 1. The smallest absolute Gasteiger partial charge is 0.252 e. The molecule has 1 aromatic rings. The molecule has 1 rings (SSSR count). The first-order valence-corrected chi connectivity index (χ1v) is 5.31. The Balaban J connectivity index is 2.53. The van der Waals surface area contributed by atoms with E-state index < -0.39 is 0 Å². The van der Waals surface area contributed by atoms with Gasteiger partial charge in [0.15, 0.2) is 0 Å². The van der Waals surface area contributed by atoms with Gasteiger partial charge in [0, 0.05) is 25.6 Å². The Kier molecular flexibility index (Phi) is 4.83. The van der Waals surface area contributed by atoms with Crippen molar-refractivity contribution in [1.29, 1.82) is 0 Å². The van der Waals surface area contributed by atoms with Gasteiger partial charge >= 0.3 is 0 Å². The van der Waals surface area contributed by atoms with E-state index in [1.807, 2.05) is 6.92 Å². The zero-order valence-corrected chi connectivity index (χ0v) is 9.26. The molecule has 0 aliphatic heterocycles. The van der Waals surface area contributed by atoms with Crippen molar-refractivity contribution in [3.8, 4) is 0 Å². The van der Waals surface area contributed by atoms with Crippen molar-refractivity contribution in [3.05, 3.63) is 22.2 Å². The zero-order valence-electron chi connectivity index (χ0n) is 9.26. The van der Waals surface area contributed by atoms with E-state index >= 15 is 0 Å². The molecule has 1 aromatic heterocycles. The van der Waals surface area contributed by atoms with E-state index in [4.69, 9.17) is 0 Å². The molecule has 0 aromatic carbocycles. The van der Waals surface area contributed by atoms with E-state index in [0.29, 0.717) is 11.6 Å². The minimum atomic E-state index is -0.104. The molecule has 0 radical (unpaired) electrons. The van der Waals surface area contributed by atoms with Crippen molar-refractivity contribution in [3.63, 3.8) is 0 Å². The summed E-state index contributed by atoms with van der Waals surface area (Å²) >= 11 is 0. The van der Waals surface area contributed by atoms with Crippen LogP contribution in [-0.2, 0) is 6.42 Å². The Labute approximate surface area is 89.3 Å². The van der Waals surface area contributed by atoms with Gasteiger partial charge in [-0.25, -0.2) is 4.98 Å². The lowest BCUT2D eigenvalue weighted by molar-refractivity contribution is 0.736. The minimum Gasteiger partial charge on any atom is -0.369 e. The standard InChI is InChI=1S/C10H18N4O/c1-3-8-13-9(7-10(15)14-8)12-6-5-11-4-2/h7,11H,3-6H2,1-2H3,(H2,12,13,14,15). The van der Waals surface area contributed by atoms with Gasteiger partial charge in [-0.15, -0.1) is 0 Å². The van der Waals surface area contributed by atoms with E-state index in [1.54, 1.807) is 0 Å². The van der Waals surface area contributed by atoms with Gasteiger partial charge in [-0.1, -0.05) is 13.8 Å². The Morgan fingerprint density at radius 1 is 1.40 bits per heavy atom. The van der Waals surface area contributed by atoms with Crippen molar-refractivity contribution >= 4 is 5.82 Å². The maximum Gasteiger partial charge on any atom is 0.252 e. The number of hydrogen-bond acceptors (Lipinski definition) is 4. The first-order chi connectivity index (χ1) is 7.26. The molecule has 15 heavy (non-hydrogen) atoms. The molecule has 0 fully saturated rings. The predicted molar refractivity (Wildman–Crippen MR) is 61.3 cm³/mol. The van der Waals surface area contributed by atoms with Crippen molar-refractivity contribution < 1.29 is 0 Å². The van der Waals surface area contributed by atoms with Crippen LogP contribution in [0.3, 0.4) is 0 Å². The molecular formula is C10H18N4O. The number of nitrogens with one attached hydrogen (secondary N) is 3. The average Bonchev–Trinajstić information content (AvgIpc) is 2.23. The summed E-state index contributed by atoms with van der Waals surface area (Å²) < 4.78 is 0. The van der Waals surface area contributed by atoms with Gasteiger partial charge in [-0.2, -0.15) is 0 Å². The summed E-state index contributed by atoms with van der Waals surface area (Å²) in [5.41, 5.74) is -0.104. The average molecular weight is 210 g/mol. The minimum absolute atomic E-state index is 0.104. The molecule has 0 spiro atoms. The Morgan fingerprint density at radius 3 is 2.87 bits per heavy atom. The number of aromatic nitrogens is 2. The Morgan fingerprint density at radius 2 is 2.20 bits per heavy atom. The van der Waals surface area contributed by atoms with Gasteiger partial charge in [-0.3, -0.25) is 4.79 Å². The van der Waals surface area contributed by atoms with E-state index in [2.05, 4.69) is 27.5 Å². The third-order valence-corrected chi connectivity index (χ3v) is 1.98. The summed E-state index contributed by atoms with van der Waals surface area (Å²) in [5, 5.41) is 6.29. The summed E-state index contributed by atoms with van der Waals surface area (Å²) in [4.78, 5) is 18.1. The number of aryl methyl sites for hydroxylation is 1. The van der Waals surface area contributed by atoms with Crippen LogP contribution in [0.15, 0.2) is 10.9 Å². The van der Waals surface area contributed by atoms with Gasteiger partial charge in [0.25, 0.3) is 5.56 Å². The Bertz CT molecular complexity index is 348. The van der Waals surface area contributed by atoms with Gasteiger partial charge in [0.2, 0.25) is 0 Å². The van der Waals surface area contributed by atoms with Crippen LogP contribution in [0.2, 0.25) is 0 Å². The Hall–Kier alpha value is -1.36. The molecule has 0 aliphatic rings. The highest BCUT2D eigenvalue weighted by atomic mass is 16.1. The third kappa shape index (κ3) is 4.12. The van der Waals surface area contributed by atoms with E-state index in [-0.39, 0.29) is 5.56 Å². The van der Waals surface area contributed by atoms with Crippen LogP contribution in [0.25, 0.3) is 0 Å². The molecular weight excluding hydrogens is 192 g/mol. The summed E-state index contributed by atoms with van der Waals surface area (Å²) in [6, 6.07) is 1.48. The molecule has 0 aliphatic carbocycles. The lowest BCUT2D eigenvalue weighted by atomic mass is 10.4. The van der Waals surface area contributed by atoms with E-state index in [9.17, 15) is 4.79 Å². The fourth-order valence-corrected chi connectivity index (χ4v) is 1.22. The zero-order chi connectivity index (χ0) is 11.1. The molecule has 3 N–H and O–H groups in total.